The number of ether oxygens (including phenoxy) is 1. The van der Waals surface area contributed by atoms with Crippen LogP contribution < -0.4 is 0 Å². The van der Waals surface area contributed by atoms with E-state index in [-0.39, 0.29) is 5.97 Å². The Morgan fingerprint density at radius 1 is 0.643 bits per heavy atom. The van der Waals surface area contributed by atoms with E-state index in [0.717, 1.165) is 38.5 Å². The minimum atomic E-state index is -1.02. The second kappa shape index (κ2) is 20.7. The number of carbonyl (C=O) groups excluding carboxylic acids is 1. The van der Waals surface area contributed by atoms with E-state index < -0.39 is 12.1 Å². The zero-order chi connectivity index (χ0) is 20.9. The zero-order valence-electron chi connectivity index (χ0n) is 18.7. The first kappa shape index (κ1) is 26.9. The molecule has 4 heteroatoms. The molecule has 0 bridgehead atoms. The van der Waals surface area contributed by atoms with Crippen LogP contribution in [0, 0.1) is 0 Å². The summed E-state index contributed by atoms with van der Waals surface area (Å²) in [6, 6.07) is 0. The fraction of sp³-hybridized carbons (Fsp3) is 0.917. The second-order valence-corrected chi connectivity index (χ2v) is 8.16. The van der Waals surface area contributed by atoms with Crippen molar-refractivity contribution in [3.05, 3.63) is 0 Å². The summed E-state index contributed by atoms with van der Waals surface area (Å²) in [7, 11) is 0. The van der Waals surface area contributed by atoms with Gasteiger partial charge in [-0.25, -0.2) is 4.79 Å². The lowest BCUT2D eigenvalue weighted by Gasteiger charge is -2.13. The standard InChI is InChI=1S/C24H46O4/c1-3-5-7-8-9-10-11-12-13-14-15-16-17-19-20-22(24(26)27)28-23(25)21-18-6-4-2/h22H,3-21H2,1-2H3,(H,26,27). The largest absolute Gasteiger partial charge is 0.479 e. The monoisotopic (exact) mass is 398 g/mol. The molecule has 0 aliphatic rings. The van der Waals surface area contributed by atoms with Gasteiger partial charge in [0.2, 0.25) is 0 Å². The number of hydrogen-bond donors (Lipinski definition) is 1. The highest BCUT2D eigenvalue weighted by Crippen LogP contribution is 2.15. The Bertz CT molecular complexity index is 368. The van der Waals surface area contributed by atoms with Gasteiger partial charge in [0.25, 0.3) is 0 Å². The molecule has 0 aromatic heterocycles. The number of carboxylic acids is 1. The predicted octanol–water partition coefficient (Wildman–Crippen LogP) is 7.43. The van der Waals surface area contributed by atoms with Gasteiger partial charge >= 0.3 is 11.9 Å². The van der Waals surface area contributed by atoms with E-state index in [4.69, 9.17) is 4.74 Å². The van der Waals surface area contributed by atoms with E-state index in [9.17, 15) is 14.7 Å². The smallest absolute Gasteiger partial charge is 0.345 e. The Morgan fingerprint density at radius 2 is 1.04 bits per heavy atom. The topological polar surface area (TPSA) is 63.6 Å². The first-order valence-corrected chi connectivity index (χ1v) is 12.0. The molecule has 0 aliphatic heterocycles. The molecule has 166 valence electrons. The van der Waals surface area contributed by atoms with Crippen LogP contribution in [0.4, 0.5) is 0 Å². The maximum Gasteiger partial charge on any atom is 0.345 e. The van der Waals surface area contributed by atoms with Gasteiger partial charge in [-0.15, -0.1) is 0 Å². The Hall–Kier alpha value is -1.06. The van der Waals surface area contributed by atoms with Crippen LogP contribution in [-0.4, -0.2) is 23.1 Å². The maximum atomic E-state index is 11.7. The molecule has 0 fully saturated rings. The molecule has 1 N–H and O–H groups in total. The van der Waals surface area contributed by atoms with Crippen LogP contribution in [0.3, 0.4) is 0 Å². The van der Waals surface area contributed by atoms with E-state index in [2.05, 4.69) is 13.8 Å². The molecule has 0 aromatic carbocycles. The number of aliphatic carboxylic acids is 1. The molecule has 0 heterocycles. The molecule has 0 radical (unpaired) electrons. The summed E-state index contributed by atoms with van der Waals surface area (Å²) < 4.78 is 5.13. The summed E-state index contributed by atoms with van der Waals surface area (Å²) >= 11 is 0. The van der Waals surface area contributed by atoms with E-state index in [1.165, 1.54) is 70.6 Å². The summed E-state index contributed by atoms with van der Waals surface area (Å²) in [6.07, 6.45) is 20.4. The molecular formula is C24H46O4. The lowest BCUT2D eigenvalue weighted by Crippen LogP contribution is -2.27. The molecule has 0 saturated heterocycles. The highest BCUT2D eigenvalue weighted by atomic mass is 16.6. The SMILES string of the molecule is CCCCCCCCCCCCCCCCC(OC(=O)CCCCC)C(=O)O. The number of rotatable bonds is 21. The van der Waals surface area contributed by atoms with E-state index in [1.54, 1.807) is 0 Å². The van der Waals surface area contributed by atoms with Crippen molar-refractivity contribution in [1.29, 1.82) is 0 Å². The molecular weight excluding hydrogens is 352 g/mol. The minimum Gasteiger partial charge on any atom is -0.479 e. The van der Waals surface area contributed by atoms with Crippen LogP contribution in [0.1, 0.15) is 136 Å². The zero-order valence-corrected chi connectivity index (χ0v) is 18.7. The van der Waals surface area contributed by atoms with E-state index in [1.807, 2.05) is 0 Å². The van der Waals surface area contributed by atoms with Crippen molar-refractivity contribution < 1.29 is 19.4 Å². The quantitative estimate of drug-likeness (QED) is 0.161. The van der Waals surface area contributed by atoms with Crippen molar-refractivity contribution in [1.82, 2.24) is 0 Å². The molecule has 0 rings (SSSR count). The van der Waals surface area contributed by atoms with Gasteiger partial charge in [0, 0.05) is 6.42 Å². The highest BCUT2D eigenvalue weighted by molar-refractivity contribution is 5.77. The molecule has 4 nitrogen and oxygen atoms in total. The van der Waals surface area contributed by atoms with E-state index >= 15 is 0 Å². The average molecular weight is 399 g/mol. The number of hydrogen-bond acceptors (Lipinski definition) is 3. The number of unbranched alkanes of at least 4 members (excludes halogenated alkanes) is 15. The van der Waals surface area contributed by atoms with Crippen molar-refractivity contribution in [3.63, 3.8) is 0 Å². The van der Waals surface area contributed by atoms with Crippen molar-refractivity contribution in [2.24, 2.45) is 0 Å². The minimum absolute atomic E-state index is 0.330. The molecule has 0 aliphatic carbocycles. The van der Waals surface area contributed by atoms with Crippen molar-refractivity contribution in [3.8, 4) is 0 Å². The molecule has 28 heavy (non-hydrogen) atoms. The van der Waals surface area contributed by atoms with Gasteiger partial charge in [0.15, 0.2) is 6.10 Å². The fourth-order valence-corrected chi connectivity index (χ4v) is 3.49. The van der Waals surface area contributed by atoms with Crippen LogP contribution in [0.2, 0.25) is 0 Å². The molecule has 0 amide bonds. The third-order valence-corrected chi connectivity index (χ3v) is 5.35. The van der Waals surface area contributed by atoms with Gasteiger partial charge in [0.1, 0.15) is 0 Å². The number of esters is 1. The first-order chi connectivity index (χ1) is 13.6. The molecule has 0 aromatic rings. The summed E-state index contributed by atoms with van der Waals surface area (Å²) in [5.41, 5.74) is 0. The molecule has 1 unspecified atom stereocenters. The van der Waals surface area contributed by atoms with Gasteiger partial charge in [-0.1, -0.05) is 110 Å². The maximum absolute atomic E-state index is 11.7. The Balaban J connectivity index is 3.50. The third-order valence-electron chi connectivity index (χ3n) is 5.35. The highest BCUT2D eigenvalue weighted by Gasteiger charge is 2.21. The van der Waals surface area contributed by atoms with Gasteiger partial charge in [-0.05, 0) is 19.3 Å². The lowest BCUT2D eigenvalue weighted by atomic mass is 10.0. The summed E-state index contributed by atoms with van der Waals surface area (Å²) in [5, 5.41) is 9.22. The third kappa shape index (κ3) is 18.3. The number of carboxylic acid groups (broad SMARTS) is 1. The van der Waals surface area contributed by atoms with Crippen LogP contribution in [0.25, 0.3) is 0 Å². The second-order valence-electron chi connectivity index (χ2n) is 8.16. The van der Waals surface area contributed by atoms with Crippen LogP contribution >= 0.6 is 0 Å². The average Bonchev–Trinajstić information content (AvgIpc) is 2.67. The molecule has 1 atom stereocenters. The predicted molar refractivity (Wildman–Crippen MR) is 117 cm³/mol. The van der Waals surface area contributed by atoms with Crippen LogP contribution in [0.15, 0.2) is 0 Å². The number of carbonyl (C=O) groups is 2. The van der Waals surface area contributed by atoms with Gasteiger partial charge in [-0.3, -0.25) is 4.79 Å². The van der Waals surface area contributed by atoms with Crippen molar-refractivity contribution >= 4 is 11.9 Å². The normalized spacial score (nSPS) is 12.1. The van der Waals surface area contributed by atoms with E-state index in [0.29, 0.717) is 12.8 Å². The van der Waals surface area contributed by atoms with Gasteiger partial charge < -0.3 is 9.84 Å². The first-order valence-electron chi connectivity index (χ1n) is 12.0. The van der Waals surface area contributed by atoms with Gasteiger partial charge in [0.05, 0.1) is 0 Å². The van der Waals surface area contributed by atoms with Crippen LogP contribution in [-0.2, 0) is 14.3 Å². The van der Waals surface area contributed by atoms with Crippen molar-refractivity contribution in [2.75, 3.05) is 0 Å². The summed E-state index contributed by atoms with van der Waals surface area (Å²) in [4.78, 5) is 22.9. The molecule has 0 spiro atoms. The summed E-state index contributed by atoms with van der Waals surface area (Å²) in [6.45, 7) is 4.33. The fourth-order valence-electron chi connectivity index (χ4n) is 3.49. The van der Waals surface area contributed by atoms with Crippen LogP contribution in [0.5, 0.6) is 0 Å². The van der Waals surface area contributed by atoms with Crippen molar-refractivity contribution in [2.45, 2.75) is 142 Å². The lowest BCUT2D eigenvalue weighted by molar-refractivity contribution is -0.164. The Kier molecular flexibility index (Phi) is 19.9. The molecule has 0 saturated carbocycles. The van der Waals surface area contributed by atoms with Gasteiger partial charge in [-0.2, -0.15) is 0 Å². The summed E-state index contributed by atoms with van der Waals surface area (Å²) in [5.74, 6) is -1.38. The Morgan fingerprint density at radius 3 is 1.46 bits per heavy atom. The Labute approximate surface area is 173 Å².